The summed E-state index contributed by atoms with van der Waals surface area (Å²) in [5.41, 5.74) is 2.32. The SMILES string of the molecule is CCOC1CC(NC(=O)NCc2ccccc2N2CCOCC2)C1. The lowest BCUT2D eigenvalue weighted by molar-refractivity contribution is -0.00709. The Labute approximate surface area is 143 Å². The Bertz CT molecular complexity index is 540. The first kappa shape index (κ1) is 17.0. The Morgan fingerprint density at radius 2 is 2.04 bits per heavy atom. The summed E-state index contributed by atoms with van der Waals surface area (Å²) in [5.74, 6) is 0. The molecule has 6 nitrogen and oxygen atoms in total. The number of nitrogens with one attached hydrogen (secondary N) is 2. The zero-order chi connectivity index (χ0) is 16.8. The Kier molecular flexibility index (Phi) is 5.93. The number of morpholine rings is 1. The van der Waals surface area contributed by atoms with E-state index >= 15 is 0 Å². The number of anilines is 1. The van der Waals surface area contributed by atoms with Crippen LogP contribution in [0.3, 0.4) is 0 Å². The van der Waals surface area contributed by atoms with Gasteiger partial charge in [0.2, 0.25) is 0 Å². The number of carbonyl (C=O) groups is 1. The lowest BCUT2D eigenvalue weighted by atomic mass is 9.89. The predicted molar refractivity (Wildman–Crippen MR) is 93.3 cm³/mol. The molecule has 1 aromatic rings. The van der Waals surface area contributed by atoms with Crippen LogP contribution in [0.1, 0.15) is 25.3 Å². The molecule has 0 aromatic heterocycles. The van der Waals surface area contributed by atoms with Crippen LogP contribution >= 0.6 is 0 Å². The van der Waals surface area contributed by atoms with E-state index in [-0.39, 0.29) is 12.1 Å². The van der Waals surface area contributed by atoms with Crippen molar-refractivity contribution in [3.8, 4) is 0 Å². The summed E-state index contributed by atoms with van der Waals surface area (Å²) in [6.07, 6.45) is 2.12. The van der Waals surface area contributed by atoms with Gasteiger partial charge in [-0.1, -0.05) is 18.2 Å². The molecule has 1 heterocycles. The number of para-hydroxylation sites is 1. The van der Waals surface area contributed by atoms with Gasteiger partial charge in [-0.25, -0.2) is 4.79 Å². The van der Waals surface area contributed by atoms with Gasteiger partial charge in [0.1, 0.15) is 0 Å². The molecule has 1 aliphatic heterocycles. The van der Waals surface area contributed by atoms with Gasteiger partial charge in [0, 0.05) is 38.0 Å². The molecule has 2 fully saturated rings. The zero-order valence-corrected chi connectivity index (χ0v) is 14.3. The van der Waals surface area contributed by atoms with Crippen molar-refractivity contribution in [1.29, 1.82) is 0 Å². The van der Waals surface area contributed by atoms with Gasteiger partial charge in [0.05, 0.1) is 19.3 Å². The summed E-state index contributed by atoms with van der Waals surface area (Å²) in [6.45, 7) is 6.56. The molecule has 2 aliphatic rings. The average molecular weight is 333 g/mol. The van der Waals surface area contributed by atoms with E-state index in [1.54, 1.807) is 0 Å². The molecule has 1 saturated carbocycles. The summed E-state index contributed by atoms with van der Waals surface area (Å²) in [4.78, 5) is 14.4. The minimum absolute atomic E-state index is 0.105. The molecule has 132 valence electrons. The van der Waals surface area contributed by atoms with Crippen LogP contribution in [0.25, 0.3) is 0 Å². The first-order valence-electron chi connectivity index (χ1n) is 8.83. The standard InChI is InChI=1S/C18H27N3O3/c1-2-24-16-11-15(12-16)20-18(22)19-13-14-5-3-4-6-17(14)21-7-9-23-10-8-21/h3-6,15-16H,2,7-13H2,1H3,(H2,19,20,22). The highest BCUT2D eigenvalue weighted by atomic mass is 16.5. The van der Waals surface area contributed by atoms with Crippen LogP contribution in [0.5, 0.6) is 0 Å². The Morgan fingerprint density at radius 1 is 1.29 bits per heavy atom. The lowest BCUT2D eigenvalue weighted by Crippen LogP contribution is -2.50. The minimum atomic E-state index is -0.105. The van der Waals surface area contributed by atoms with Gasteiger partial charge in [-0.15, -0.1) is 0 Å². The van der Waals surface area contributed by atoms with E-state index in [1.807, 2.05) is 19.1 Å². The molecule has 0 bridgehead atoms. The van der Waals surface area contributed by atoms with Crippen LogP contribution in [0.2, 0.25) is 0 Å². The van der Waals surface area contributed by atoms with E-state index in [0.717, 1.165) is 51.3 Å². The van der Waals surface area contributed by atoms with Gasteiger partial charge in [-0.05, 0) is 31.4 Å². The lowest BCUT2D eigenvalue weighted by Gasteiger charge is -2.35. The van der Waals surface area contributed by atoms with Crippen LogP contribution in [0.4, 0.5) is 10.5 Å². The van der Waals surface area contributed by atoms with E-state index in [0.29, 0.717) is 12.6 Å². The van der Waals surface area contributed by atoms with Gasteiger partial charge < -0.3 is 25.0 Å². The van der Waals surface area contributed by atoms with Crippen molar-refractivity contribution >= 4 is 11.7 Å². The second-order valence-electron chi connectivity index (χ2n) is 6.30. The highest BCUT2D eigenvalue weighted by Gasteiger charge is 2.30. The normalized spacial score (nSPS) is 23.5. The topological polar surface area (TPSA) is 62.8 Å². The Hall–Kier alpha value is -1.79. The van der Waals surface area contributed by atoms with Crippen molar-refractivity contribution in [1.82, 2.24) is 10.6 Å². The molecule has 1 saturated heterocycles. The van der Waals surface area contributed by atoms with Crippen LogP contribution < -0.4 is 15.5 Å². The number of carbonyl (C=O) groups excluding carboxylic acids is 1. The highest BCUT2D eigenvalue weighted by Crippen LogP contribution is 2.23. The van der Waals surface area contributed by atoms with Crippen molar-refractivity contribution in [2.45, 2.75) is 38.5 Å². The van der Waals surface area contributed by atoms with Crippen molar-refractivity contribution in [3.05, 3.63) is 29.8 Å². The smallest absolute Gasteiger partial charge is 0.315 e. The van der Waals surface area contributed by atoms with E-state index in [9.17, 15) is 4.79 Å². The second kappa shape index (κ2) is 8.35. The first-order valence-corrected chi connectivity index (χ1v) is 8.83. The van der Waals surface area contributed by atoms with Gasteiger partial charge in [0.25, 0.3) is 0 Å². The van der Waals surface area contributed by atoms with E-state index < -0.39 is 0 Å². The quantitative estimate of drug-likeness (QED) is 0.834. The summed E-state index contributed by atoms with van der Waals surface area (Å²) >= 11 is 0. The molecule has 0 atom stereocenters. The van der Waals surface area contributed by atoms with Gasteiger partial charge in [-0.2, -0.15) is 0 Å². The third-order valence-corrected chi connectivity index (χ3v) is 4.62. The number of hydrogen-bond acceptors (Lipinski definition) is 4. The van der Waals surface area contributed by atoms with Crippen LogP contribution in [-0.2, 0) is 16.0 Å². The summed E-state index contributed by atoms with van der Waals surface area (Å²) < 4.78 is 10.9. The molecular formula is C18H27N3O3. The molecule has 24 heavy (non-hydrogen) atoms. The maximum Gasteiger partial charge on any atom is 0.315 e. The monoisotopic (exact) mass is 333 g/mol. The number of amides is 2. The fourth-order valence-corrected chi connectivity index (χ4v) is 3.24. The van der Waals surface area contributed by atoms with E-state index in [1.165, 1.54) is 5.69 Å². The van der Waals surface area contributed by atoms with Gasteiger partial charge in [0.15, 0.2) is 0 Å². The first-order chi connectivity index (χ1) is 11.8. The summed E-state index contributed by atoms with van der Waals surface area (Å²) in [6, 6.07) is 8.36. The third kappa shape index (κ3) is 4.39. The Balaban J connectivity index is 1.47. The molecule has 1 aromatic carbocycles. The summed E-state index contributed by atoms with van der Waals surface area (Å²) in [5, 5.41) is 5.99. The Morgan fingerprint density at radius 3 is 2.79 bits per heavy atom. The summed E-state index contributed by atoms with van der Waals surface area (Å²) in [7, 11) is 0. The molecule has 3 rings (SSSR count). The highest BCUT2D eigenvalue weighted by molar-refractivity contribution is 5.74. The second-order valence-corrected chi connectivity index (χ2v) is 6.30. The number of hydrogen-bond donors (Lipinski definition) is 2. The molecule has 0 radical (unpaired) electrons. The molecule has 2 amide bonds. The van der Waals surface area contributed by atoms with Crippen molar-refractivity contribution in [2.24, 2.45) is 0 Å². The number of ether oxygens (including phenoxy) is 2. The molecule has 2 N–H and O–H groups in total. The van der Waals surface area contributed by atoms with Crippen LogP contribution in [0, 0.1) is 0 Å². The largest absolute Gasteiger partial charge is 0.378 e. The maximum atomic E-state index is 12.1. The zero-order valence-electron chi connectivity index (χ0n) is 14.3. The maximum absolute atomic E-state index is 12.1. The van der Waals surface area contributed by atoms with E-state index in [2.05, 4.69) is 27.7 Å². The number of benzene rings is 1. The fraction of sp³-hybridized carbons (Fsp3) is 0.611. The molecule has 1 aliphatic carbocycles. The molecule has 6 heteroatoms. The van der Waals surface area contributed by atoms with Gasteiger partial charge >= 0.3 is 6.03 Å². The van der Waals surface area contributed by atoms with Crippen molar-refractivity contribution < 1.29 is 14.3 Å². The van der Waals surface area contributed by atoms with Crippen LogP contribution in [0.15, 0.2) is 24.3 Å². The fourth-order valence-electron chi connectivity index (χ4n) is 3.24. The number of rotatable bonds is 6. The van der Waals surface area contributed by atoms with E-state index in [4.69, 9.17) is 9.47 Å². The minimum Gasteiger partial charge on any atom is -0.378 e. The predicted octanol–water partition coefficient (Wildman–Crippen LogP) is 1.89. The average Bonchev–Trinajstić information content (AvgIpc) is 2.59. The molecular weight excluding hydrogens is 306 g/mol. The van der Waals surface area contributed by atoms with Crippen molar-refractivity contribution in [2.75, 3.05) is 37.8 Å². The van der Waals surface area contributed by atoms with Gasteiger partial charge in [-0.3, -0.25) is 0 Å². The molecule has 0 unspecified atom stereocenters. The molecule has 0 spiro atoms. The third-order valence-electron chi connectivity index (χ3n) is 4.62. The number of urea groups is 1. The van der Waals surface area contributed by atoms with Crippen molar-refractivity contribution in [3.63, 3.8) is 0 Å². The van der Waals surface area contributed by atoms with Crippen LogP contribution in [-0.4, -0.2) is 51.1 Å². The number of nitrogens with zero attached hydrogens (tertiary/aromatic N) is 1.